The molecule has 0 radical (unpaired) electrons. The van der Waals surface area contributed by atoms with Crippen LogP contribution in [-0.2, 0) is 0 Å². The first kappa shape index (κ1) is 9.47. The summed E-state index contributed by atoms with van der Waals surface area (Å²) in [5.41, 5.74) is 3.26. The molecule has 0 bridgehead atoms. The minimum atomic E-state index is -0.255. The molecule has 0 saturated heterocycles. The fourth-order valence-corrected chi connectivity index (χ4v) is 1.65. The van der Waals surface area contributed by atoms with Gasteiger partial charge < -0.3 is 5.11 Å². The molecule has 1 aliphatic rings. The van der Waals surface area contributed by atoms with Crippen molar-refractivity contribution < 1.29 is 5.11 Å². The maximum atomic E-state index is 9.87. The standard InChI is InChI=1S/C13H16O/c1-9(2)10-3-5-11(6-4-10)13(14)12-7-8-12/h3-6,12-14H,1,7-8H2,2H3. The largest absolute Gasteiger partial charge is 0.388 e. The van der Waals surface area contributed by atoms with Crippen molar-refractivity contribution in [1.82, 2.24) is 0 Å². The SMILES string of the molecule is C=C(C)c1ccc(C(O)C2CC2)cc1. The Bertz CT molecular complexity index is 333. The molecule has 74 valence electrons. The molecule has 0 spiro atoms. The second kappa shape index (κ2) is 3.58. The lowest BCUT2D eigenvalue weighted by atomic mass is 10.0. The summed E-state index contributed by atoms with van der Waals surface area (Å²) in [6.07, 6.45) is 2.08. The zero-order valence-corrected chi connectivity index (χ0v) is 8.53. The molecule has 2 rings (SSSR count). The number of benzene rings is 1. The molecule has 1 N–H and O–H groups in total. The second-order valence-electron chi connectivity index (χ2n) is 4.18. The quantitative estimate of drug-likeness (QED) is 0.772. The number of aliphatic hydroxyl groups excluding tert-OH is 1. The molecule has 1 atom stereocenters. The first-order chi connectivity index (χ1) is 6.68. The van der Waals surface area contributed by atoms with Crippen LogP contribution >= 0.6 is 0 Å². The smallest absolute Gasteiger partial charge is 0.0818 e. The van der Waals surface area contributed by atoms with Gasteiger partial charge in [-0.2, -0.15) is 0 Å². The highest BCUT2D eigenvalue weighted by molar-refractivity contribution is 5.61. The lowest BCUT2D eigenvalue weighted by molar-refractivity contribution is 0.154. The van der Waals surface area contributed by atoms with Gasteiger partial charge in [-0.3, -0.25) is 0 Å². The van der Waals surface area contributed by atoms with Crippen molar-refractivity contribution in [2.45, 2.75) is 25.9 Å². The van der Waals surface area contributed by atoms with Crippen molar-refractivity contribution in [1.29, 1.82) is 0 Å². The van der Waals surface area contributed by atoms with E-state index in [1.54, 1.807) is 0 Å². The molecule has 1 fully saturated rings. The van der Waals surface area contributed by atoms with E-state index in [1.807, 2.05) is 31.2 Å². The first-order valence-electron chi connectivity index (χ1n) is 5.12. The average molecular weight is 188 g/mol. The minimum absolute atomic E-state index is 0.255. The Morgan fingerprint density at radius 1 is 1.36 bits per heavy atom. The van der Waals surface area contributed by atoms with Crippen LogP contribution in [0.5, 0.6) is 0 Å². The van der Waals surface area contributed by atoms with Crippen molar-refractivity contribution in [3.63, 3.8) is 0 Å². The molecular formula is C13H16O. The first-order valence-corrected chi connectivity index (χ1v) is 5.12. The van der Waals surface area contributed by atoms with Gasteiger partial charge in [0, 0.05) is 0 Å². The highest BCUT2D eigenvalue weighted by Gasteiger charge is 2.30. The summed E-state index contributed by atoms with van der Waals surface area (Å²) in [7, 11) is 0. The highest BCUT2D eigenvalue weighted by atomic mass is 16.3. The van der Waals surface area contributed by atoms with Crippen LogP contribution in [0.2, 0.25) is 0 Å². The van der Waals surface area contributed by atoms with Crippen LogP contribution in [0.1, 0.15) is 37.0 Å². The summed E-state index contributed by atoms with van der Waals surface area (Å²) in [4.78, 5) is 0. The lowest BCUT2D eigenvalue weighted by Crippen LogP contribution is -1.98. The molecule has 1 nitrogen and oxygen atoms in total. The van der Waals surface area contributed by atoms with Crippen LogP contribution in [0, 0.1) is 5.92 Å². The van der Waals surface area contributed by atoms with Crippen molar-refractivity contribution in [2.24, 2.45) is 5.92 Å². The molecular weight excluding hydrogens is 172 g/mol. The molecule has 1 aliphatic carbocycles. The summed E-state index contributed by atoms with van der Waals surface area (Å²) < 4.78 is 0. The van der Waals surface area contributed by atoms with Crippen LogP contribution in [0.4, 0.5) is 0 Å². The second-order valence-corrected chi connectivity index (χ2v) is 4.18. The van der Waals surface area contributed by atoms with E-state index in [1.165, 1.54) is 12.8 Å². The zero-order valence-electron chi connectivity index (χ0n) is 8.53. The normalized spacial score (nSPS) is 17.9. The fourth-order valence-electron chi connectivity index (χ4n) is 1.65. The van der Waals surface area contributed by atoms with Crippen LogP contribution in [0.3, 0.4) is 0 Å². The Kier molecular flexibility index (Phi) is 2.42. The highest BCUT2D eigenvalue weighted by Crippen LogP contribution is 2.40. The van der Waals surface area contributed by atoms with Crippen LogP contribution in [0.15, 0.2) is 30.8 Å². The van der Waals surface area contributed by atoms with Crippen molar-refractivity contribution in [3.05, 3.63) is 42.0 Å². The molecule has 1 unspecified atom stereocenters. The van der Waals surface area contributed by atoms with Crippen LogP contribution < -0.4 is 0 Å². The lowest BCUT2D eigenvalue weighted by Gasteiger charge is -2.10. The predicted molar refractivity (Wildman–Crippen MR) is 58.8 cm³/mol. The van der Waals surface area contributed by atoms with E-state index in [2.05, 4.69) is 6.58 Å². The van der Waals surface area contributed by atoms with E-state index >= 15 is 0 Å². The van der Waals surface area contributed by atoms with Gasteiger partial charge in [0.15, 0.2) is 0 Å². The topological polar surface area (TPSA) is 20.2 Å². The summed E-state index contributed by atoms with van der Waals surface area (Å²) in [5.74, 6) is 0.505. The monoisotopic (exact) mass is 188 g/mol. The molecule has 0 aliphatic heterocycles. The molecule has 0 amide bonds. The number of hydrogen-bond donors (Lipinski definition) is 1. The van der Waals surface area contributed by atoms with E-state index in [9.17, 15) is 5.11 Å². The van der Waals surface area contributed by atoms with Gasteiger partial charge in [0.2, 0.25) is 0 Å². The summed E-state index contributed by atoms with van der Waals surface area (Å²) >= 11 is 0. The Hall–Kier alpha value is -1.08. The minimum Gasteiger partial charge on any atom is -0.388 e. The van der Waals surface area contributed by atoms with Gasteiger partial charge in [-0.1, -0.05) is 36.4 Å². The molecule has 1 heteroatoms. The van der Waals surface area contributed by atoms with Crippen LogP contribution in [-0.4, -0.2) is 5.11 Å². The average Bonchev–Trinajstić information content (AvgIpc) is 3.00. The summed E-state index contributed by atoms with van der Waals surface area (Å²) in [5, 5.41) is 9.87. The van der Waals surface area contributed by atoms with Crippen molar-refractivity contribution >= 4 is 5.57 Å². The van der Waals surface area contributed by atoms with Gasteiger partial charge in [-0.05, 0) is 36.8 Å². The van der Waals surface area contributed by atoms with E-state index in [0.29, 0.717) is 5.92 Å². The third-order valence-corrected chi connectivity index (χ3v) is 2.81. The Morgan fingerprint density at radius 3 is 2.36 bits per heavy atom. The number of rotatable bonds is 3. The van der Waals surface area contributed by atoms with Crippen LogP contribution in [0.25, 0.3) is 5.57 Å². The van der Waals surface area contributed by atoms with Gasteiger partial charge in [0.05, 0.1) is 6.10 Å². The van der Waals surface area contributed by atoms with Crippen molar-refractivity contribution in [3.8, 4) is 0 Å². The third-order valence-electron chi connectivity index (χ3n) is 2.81. The molecule has 14 heavy (non-hydrogen) atoms. The van der Waals surface area contributed by atoms with Gasteiger partial charge in [0.25, 0.3) is 0 Å². The van der Waals surface area contributed by atoms with E-state index in [0.717, 1.165) is 16.7 Å². The summed E-state index contributed by atoms with van der Waals surface area (Å²) in [6.45, 7) is 5.88. The maximum Gasteiger partial charge on any atom is 0.0818 e. The Balaban J connectivity index is 2.16. The van der Waals surface area contributed by atoms with Gasteiger partial charge >= 0.3 is 0 Å². The number of aliphatic hydroxyl groups is 1. The Labute approximate surface area is 85.1 Å². The van der Waals surface area contributed by atoms with E-state index < -0.39 is 0 Å². The number of allylic oxidation sites excluding steroid dienone is 1. The number of hydrogen-bond acceptors (Lipinski definition) is 1. The van der Waals surface area contributed by atoms with E-state index in [-0.39, 0.29) is 6.10 Å². The maximum absolute atomic E-state index is 9.87. The molecule has 0 heterocycles. The fraction of sp³-hybridized carbons (Fsp3) is 0.385. The molecule has 1 aromatic rings. The Morgan fingerprint density at radius 2 is 1.93 bits per heavy atom. The molecule has 1 aromatic carbocycles. The molecule has 1 saturated carbocycles. The van der Waals surface area contributed by atoms with Gasteiger partial charge in [-0.15, -0.1) is 0 Å². The zero-order chi connectivity index (χ0) is 10.1. The van der Waals surface area contributed by atoms with Crippen molar-refractivity contribution in [2.75, 3.05) is 0 Å². The summed E-state index contributed by atoms with van der Waals surface area (Å²) in [6, 6.07) is 8.08. The van der Waals surface area contributed by atoms with E-state index in [4.69, 9.17) is 0 Å². The van der Waals surface area contributed by atoms with Gasteiger partial charge in [-0.25, -0.2) is 0 Å². The van der Waals surface area contributed by atoms with Gasteiger partial charge in [0.1, 0.15) is 0 Å². The molecule has 0 aromatic heterocycles. The predicted octanol–water partition coefficient (Wildman–Crippen LogP) is 3.16. The third kappa shape index (κ3) is 1.88.